The van der Waals surface area contributed by atoms with E-state index in [1.54, 1.807) is 0 Å². The first-order valence-corrected chi connectivity index (χ1v) is 6.70. The molecule has 0 radical (unpaired) electrons. The molecule has 5 heteroatoms. The molecule has 0 fully saturated rings. The standard InChI is InChI=1S/C15H22N4.HI/c1-10(2)19-15(16)17-8-7-12-9-18-13-6-4-5-11(3)14(12)13;/h4-6,9-10,18H,7-8H2,1-3H3,(H3,16,17,19);1H. The van der Waals surface area contributed by atoms with Crippen LogP contribution in [0.4, 0.5) is 0 Å². The van der Waals surface area contributed by atoms with E-state index < -0.39 is 0 Å². The van der Waals surface area contributed by atoms with Crippen molar-refractivity contribution in [3.05, 3.63) is 35.5 Å². The van der Waals surface area contributed by atoms with Crippen molar-refractivity contribution in [1.82, 2.24) is 10.3 Å². The van der Waals surface area contributed by atoms with Gasteiger partial charge in [-0.25, -0.2) is 0 Å². The summed E-state index contributed by atoms with van der Waals surface area (Å²) in [5.41, 5.74) is 9.57. The lowest BCUT2D eigenvalue weighted by Crippen LogP contribution is -2.36. The Morgan fingerprint density at radius 2 is 2.15 bits per heavy atom. The summed E-state index contributed by atoms with van der Waals surface area (Å²) >= 11 is 0. The zero-order valence-corrected chi connectivity index (χ0v) is 14.6. The van der Waals surface area contributed by atoms with Crippen LogP contribution >= 0.6 is 24.0 Å². The van der Waals surface area contributed by atoms with E-state index in [9.17, 15) is 0 Å². The number of fused-ring (bicyclic) bond motifs is 1. The molecule has 2 rings (SSSR count). The number of aromatic amines is 1. The number of halogens is 1. The Morgan fingerprint density at radius 3 is 2.85 bits per heavy atom. The van der Waals surface area contributed by atoms with Gasteiger partial charge >= 0.3 is 0 Å². The van der Waals surface area contributed by atoms with Gasteiger partial charge in [-0.1, -0.05) is 12.1 Å². The molecule has 0 aliphatic heterocycles. The van der Waals surface area contributed by atoms with E-state index in [1.165, 1.54) is 22.0 Å². The van der Waals surface area contributed by atoms with Crippen LogP contribution < -0.4 is 11.1 Å². The number of hydrogen-bond acceptors (Lipinski definition) is 1. The predicted octanol–water partition coefficient (Wildman–Crippen LogP) is 2.95. The lowest BCUT2D eigenvalue weighted by atomic mass is 10.1. The predicted molar refractivity (Wildman–Crippen MR) is 96.9 cm³/mol. The first-order valence-electron chi connectivity index (χ1n) is 6.70. The Labute approximate surface area is 137 Å². The minimum Gasteiger partial charge on any atom is -0.370 e. The third kappa shape index (κ3) is 4.13. The van der Waals surface area contributed by atoms with Crippen molar-refractivity contribution in [3.63, 3.8) is 0 Å². The van der Waals surface area contributed by atoms with E-state index in [0.29, 0.717) is 18.5 Å². The van der Waals surface area contributed by atoms with Crippen LogP contribution in [0.3, 0.4) is 0 Å². The molecular weight excluding hydrogens is 363 g/mol. The van der Waals surface area contributed by atoms with Crippen LogP contribution in [0.5, 0.6) is 0 Å². The van der Waals surface area contributed by atoms with Crippen LogP contribution in [0.15, 0.2) is 29.4 Å². The fourth-order valence-corrected chi connectivity index (χ4v) is 2.29. The van der Waals surface area contributed by atoms with Gasteiger partial charge in [0.25, 0.3) is 0 Å². The van der Waals surface area contributed by atoms with Crippen molar-refractivity contribution in [2.75, 3.05) is 6.54 Å². The van der Waals surface area contributed by atoms with Crippen molar-refractivity contribution >= 4 is 40.8 Å². The van der Waals surface area contributed by atoms with Gasteiger partial charge in [0.15, 0.2) is 5.96 Å². The fraction of sp³-hybridized carbons (Fsp3) is 0.400. The van der Waals surface area contributed by atoms with Crippen LogP contribution in [-0.2, 0) is 6.42 Å². The van der Waals surface area contributed by atoms with Crippen LogP contribution in [0.1, 0.15) is 25.0 Å². The number of hydrogen-bond donors (Lipinski definition) is 3. The van der Waals surface area contributed by atoms with Crippen LogP contribution in [0.25, 0.3) is 10.9 Å². The number of nitrogens with zero attached hydrogens (tertiary/aromatic N) is 1. The van der Waals surface area contributed by atoms with Gasteiger partial charge in [0.2, 0.25) is 0 Å². The summed E-state index contributed by atoms with van der Waals surface area (Å²) in [6, 6.07) is 6.63. The Balaban J connectivity index is 0.00000200. The molecule has 0 bridgehead atoms. The molecule has 2 aromatic rings. The first-order chi connectivity index (χ1) is 9.08. The number of benzene rings is 1. The summed E-state index contributed by atoms with van der Waals surface area (Å²) in [4.78, 5) is 7.65. The second-order valence-corrected chi connectivity index (χ2v) is 5.13. The SMILES string of the molecule is Cc1cccc2[nH]cc(CCN=C(N)NC(C)C)c12.I. The molecule has 4 N–H and O–H groups in total. The number of nitrogens with two attached hydrogens (primary N) is 1. The highest BCUT2D eigenvalue weighted by atomic mass is 127. The molecular formula is C15H23IN4. The van der Waals surface area contributed by atoms with E-state index in [1.807, 2.05) is 13.8 Å². The fourth-order valence-electron chi connectivity index (χ4n) is 2.29. The van der Waals surface area contributed by atoms with Crippen LogP contribution in [0, 0.1) is 6.92 Å². The Hall–Kier alpha value is -1.24. The Morgan fingerprint density at radius 1 is 1.40 bits per heavy atom. The smallest absolute Gasteiger partial charge is 0.188 e. The molecule has 1 aromatic carbocycles. The molecule has 0 saturated carbocycles. The van der Waals surface area contributed by atoms with E-state index in [0.717, 1.165) is 6.42 Å². The third-order valence-corrected chi connectivity index (χ3v) is 3.10. The topological polar surface area (TPSA) is 66.2 Å². The van der Waals surface area contributed by atoms with Crippen molar-refractivity contribution in [1.29, 1.82) is 0 Å². The minimum atomic E-state index is 0. The Bertz CT molecular complexity index is 587. The Kier molecular flexibility index (Phi) is 6.32. The molecule has 1 heterocycles. The summed E-state index contributed by atoms with van der Waals surface area (Å²) in [6.07, 6.45) is 2.96. The molecule has 0 atom stereocenters. The van der Waals surface area contributed by atoms with E-state index >= 15 is 0 Å². The van der Waals surface area contributed by atoms with Gasteiger partial charge in [0, 0.05) is 29.7 Å². The maximum atomic E-state index is 5.79. The third-order valence-electron chi connectivity index (χ3n) is 3.10. The van der Waals surface area contributed by atoms with Gasteiger partial charge in [0.05, 0.1) is 0 Å². The lowest BCUT2D eigenvalue weighted by Gasteiger charge is -2.08. The second-order valence-electron chi connectivity index (χ2n) is 5.13. The average molecular weight is 386 g/mol. The molecule has 110 valence electrons. The molecule has 0 aliphatic rings. The second kappa shape index (κ2) is 7.52. The van der Waals surface area contributed by atoms with Gasteiger partial charge in [-0.15, -0.1) is 24.0 Å². The van der Waals surface area contributed by atoms with Gasteiger partial charge in [0.1, 0.15) is 0 Å². The first kappa shape index (κ1) is 16.8. The van der Waals surface area contributed by atoms with Crippen molar-refractivity contribution in [2.24, 2.45) is 10.7 Å². The summed E-state index contributed by atoms with van der Waals surface area (Å²) < 4.78 is 0. The van der Waals surface area contributed by atoms with E-state index in [2.05, 4.69) is 46.6 Å². The number of nitrogens with one attached hydrogen (secondary N) is 2. The largest absolute Gasteiger partial charge is 0.370 e. The molecule has 20 heavy (non-hydrogen) atoms. The number of aromatic nitrogens is 1. The quantitative estimate of drug-likeness (QED) is 0.430. The zero-order chi connectivity index (χ0) is 13.8. The number of aryl methyl sites for hydroxylation is 1. The molecule has 0 amide bonds. The summed E-state index contributed by atoms with van der Waals surface area (Å²) in [6.45, 7) is 6.93. The summed E-state index contributed by atoms with van der Waals surface area (Å²) in [7, 11) is 0. The number of aliphatic imine (C=N–C) groups is 1. The summed E-state index contributed by atoms with van der Waals surface area (Å²) in [5.74, 6) is 0.520. The maximum Gasteiger partial charge on any atom is 0.188 e. The highest BCUT2D eigenvalue weighted by Gasteiger charge is 2.05. The van der Waals surface area contributed by atoms with Gasteiger partial charge in [-0.2, -0.15) is 0 Å². The highest BCUT2D eigenvalue weighted by molar-refractivity contribution is 14.0. The van der Waals surface area contributed by atoms with Crippen LogP contribution in [-0.4, -0.2) is 23.5 Å². The molecule has 0 spiro atoms. The molecule has 0 aliphatic carbocycles. The normalized spacial score (nSPS) is 11.7. The molecule has 0 unspecified atom stereocenters. The van der Waals surface area contributed by atoms with Gasteiger partial charge in [-0.05, 0) is 44.4 Å². The van der Waals surface area contributed by atoms with Gasteiger partial charge in [-0.3, -0.25) is 4.99 Å². The number of guanidine groups is 1. The van der Waals surface area contributed by atoms with Crippen LogP contribution in [0.2, 0.25) is 0 Å². The zero-order valence-electron chi connectivity index (χ0n) is 12.2. The number of H-pyrrole nitrogens is 1. The molecule has 1 aromatic heterocycles. The monoisotopic (exact) mass is 386 g/mol. The van der Waals surface area contributed by atoms with Crippen molar-refractivity contribution in [3.8, 4) is 0 Å². The van der Waals surface area contributed by atoms with Crippen molar-refractivity contribution in [2.45, 2.75) is 33.2 Å². The molecule has 0 saturated heterocycles. The van der Waals surface area contributed by atoms with Gasteiger partial charge < -0.3 is 16.0 Å². The van der Waals surface area contributed by atoms with E-state index in [-0.39, 0.29) is 24.0 Å². The summed E-state index contributed by atoms with van der Waals surface area (Å²) in [5, 5.41) is 4.40. The average Bonchev–Trinajstić information content (AvgIpc) is 2.73. The maximum absolute atomic E-state index is 5.79. The van der Waals surface area contributed by atoms with Crippen molar-refractivity contribution < 1.29 is 0 Å². The van der Waals surface area contributed by atoms with E-state index in [4.69, 9.17) is 5.73 Å². The highest BCUT2D eigenvalue weighted by Crippen LogP contribution is 2.22. The number of rotatable bonds is 4. The molecule has 4 nitrogen and oxygen atoms in total. The lowest BCUT2D eigenvalue weighted by molar-refractivity contribution is 0.723. The minimum absolute atomic E-state index is 0.